The standard InChI is InChI=1S/C27H28FN5O2/c1-15-12-19(8-9-20(15)28)33-21-13-18-14-30-32-25(18)31-23(21)22(24(33)27(2,3)10-11-29)16-4-6-17(7-5-16)26(34)35/h8-9,12-14,16-17H,4-7,10H2,1-3H3,(H,34,35)(H,30,31,32)/t16-,17-. The van der Waals surface area contributed by atoms with Crippen LogP contribution in [0.5, 0.6) is 0 Å². The molecule has 1 saturated carbocycles. The number of hydrogen-bond donors (Lipinski definition) is 2. The molecule has 4 aromatic rings. The summed E-state index contributed by atoms with van der Waals surface area (Å²) < 4.78 is 16.3. The summed E-state index contributed by atoms with van der Waals surface area (Å²) in [5.74, 6) is -1.24. The monoisotopic (exact) mass is 473 g/mol. The molecule has 0 atom stereocenters. The Morgan fingerprint density at radius 2 is 2.03 bits per heavy atom. The summed E-state index contributed by atoms with van der Waals surface area (Å²) in [4.78, 5) is 16.6. The van der Waals surface area contributed by atoms with Crippen molar-refractivity contribution in [3.8, 4) is 11.8 Å². The van der Waals surface area contributed by atoms with Gasteiger partial charge in [-0.05, 0) is 68.4 Å². The van der Waals surface area contributed by atoms with Crippen molar-refractivity contribution >= 4 is 28.0 Å². The molecule has 1 fully saturated rings. The number of aryl methyl sites for hydroxylation is 1. The van der Waals surface area contributed by atoms with Gasteiger partial charge in [-0.1, -0.05) is 13.8 Å². The van der Waals surface area contributed by atoms with Crippen molar-refractivity contribution < 1.29 is 14.3 Å². The van der Waals surface area contributed by atoms with E-state index < -0.39 is 11.4 Å². The molecule has 2 N–H and O–H groups in total. The fraction of sp³-hybridized carbons (Fsp3) is 0.407. The van der Waals surface area contributed by atoms with Crippen molar-refractivity contribution in [2.75, 3.05) is 0 Å². The molecular formula is C27H28FN5O2. The number of nitrogens with zero attached hydrogens (tertiary/aromatic N) is 4. The smallest absolute Gasteiger partial charge is 0.306 e. The number of pyridine rings is 1. The zero-order valence-electron chi connectivity index (χ0n) is 20.1. The van der Waals surface area contributed by atoms with Gasteiger partial charge < -0.3 is 9.67 Å². The van der Waals surface area contributed by atoms with E-state index in [0.717, 1.165) is 46.2 Å². The number of carboxylic acids is 1. The molecule has 3 aromatic heterocycles. The van der Waals surface area contributed by atoms with Gasteiger partial charge >= 0.3 is 5.97 Å². The molecule has 5 rings (SSSR count). The summed E-state index contributed by atoms with van der Waals surface area (Å²) in [6.45, 7) is 5.85. The Balaban J connectivity index is 1.84. The fourth-order valence-corrected chi connectivity index (χ4v) is 5.59. The lowest BCUT2D eigenvalue weighted by molar-refractivity contribution is -0.142. The number of aromatic amines is 1. The van der Waals surface area contributed by atoms with Crippen LogP contribution in [0.4, 0.5) is 4.39 Å². The van der Waals surface area contributed by atoms with E-state index in [4.69, 9.17) is 4.98 Å². The molecule has 3 heterocycles. The minimum atomic E-state index is -0.741. The van der Waals surface area contributed by atoms with Gasteiger partial charge in [0.15, 0.2) is 5.65 Å². The highest BCUT2D eigenvalue weighted by molar-refractivity contribution is 5.94. The Labute approximate surface area is 202 Å². The Morgan fingerprint density at radius 1 is 1.29 bits per heavy atom. The molecule has 0 bridgehead atoms. The molecule has 0 amide bonds. The van der Waals surface area contributed by atoms with Gasteiger partial charge in [0, 0.05) is 34.2 Å². The minimum absolute atomic E-state index is 0.108. The van der Waals surface area contributed by atoms with Crippen molar-refractivity contribution in [3.05, 3.63) is 53.1 Å². The average Bonchev–Trinajstić information content (AvgIpc) is 3.41. The fourth-order valence-electron chi connectivity index (χ4n) is 5.59. The largest absolute Gasteiger partial charge is 0.481 e. The maximum Gasteiger partial charge on any atom is 0.306 e. The second-order valence-electron chi connectivity index (χ2n) is 10.3. The lowest BCUT2D eigenvalue weighted by atomic mass is 9.74. The van der Waals surface area contributed by atoms with Crippen molar-refractivity contribution in [2.45, 2.75) is 64.2 Å². The number of aliphatic carboxylic acids is 1. The molecule has 0 radical (unpaired) electrons. The molecule has 1 aliphatic carbocycles. The second-order valence-corrected chi connectivity index (χ2v) is 10.3. The Morgan fingerprint density at radius 3 is 2.69 bits per heavy atom. The third kappa shape index (κ3) is 3.85. The van der Waals surface area contributed by atoms with E-state index in [1.54, 1.807) is 19.2 Å². The number of rotatable bonds is 5. The van der Waals surface area contributed by atoms with Gasteiger partial charge in [-0.3, -0.25) is 9.89 Å². The van der Waals surface area contributed by atoms with Gasteiger partial charge in [0.2, 0.25) is 0 Å². The van der Waals surface area contributed by atoms with Crippen LogP contribution < -0.4 is 0 Å². The van der Waals surface area contributed by atoms with Crippen molar-refractivity contribution in [2.24, 2.45) is 5.92 Å². The predicted octanol–water partition coefficient (Wildman–Crippen LogP) is 5.90. The van der Waals surface area contributed by atoms with E-state index in [1.807, 2.05) is 12.1 Å². The molecule has 8 heteroatoms. The van der Waals surface area contributed by atoms with Gasteiger partial charge in [-0.2, -0.15) is 10.4 Å². The summed E-state index contributed by atoms with van der Waals surface area (Å²) in [7, 11) is 0. The number of H-pyrrole nitrogens is 1. The third-order valence-corrected chi connectivity index (χ3v) is 7.43. The zero-order chi connectivity index (χ0) is 24.9. The number of fused-ring (bicyclic) bond motifs is 2. The van der Waals surface area contributed by atoms with Gasteiger partial charge in [0.25, 0.3) is 0 Å². The van der Waals surface area contributed by atoms with Gasteiger partial charge in [-0.15, -0.1) is 0 Å². The highest BCUT2D eigenvalue weighted by Gasteiger charge is 2.37. The number of aromatic nitrogens is 4. The van der Waals surface area contributed by atoms with Crippen LogP contribution >= 0.6 is 0 Å². The number of nitriles is 1. The average molecular weight is 474 g/mol. The summed E-state index contributed by atoms with van der Waals surface area (Å²) in [5, 5.41) is 27.2. The van der Waals surface area contributed by atoms with Crippen LogP contribution in [-0.4, -0.2) is 30.8 Å². The number of halogens is 1. The maximum absolute atomic E-state index is 14.2. The summed E-state index contributed by atoms with van der Waals surface area (Å²) in [6.07, 6.45) is 4.69. The van der Waals surface area contributed by atoms with Crippen LogP contribution in [-0.2, 0) is 10.2 Å². The lowest BCUT2D eigenvalue weighted by Crippen LogP contribution is -2.26. The first-order chi connectivity index (χ1) is 16.7. The number of benzene rings is 1. The zero-order valence-corrected chi connectivity index (χ0v) is 20.1. The topological polar surface area (TPSA) is 108 Å². The highest BCUT2D eigenvalue weighted by Crippen LogP contribution is 2.47. The van der Waals surface area contributed by atoms with Crippen LogP contribution in [0.1, 0.15) is 68.7 Å². The molecule has 0 unspecified atom stereocenters. The third-order valence-electron chi connectivity index (χ3n) is 7.43. The van der Waals surface area contributed by atoms with E-state index in [-0.39, 0.29) is 17.7 Å². The molecule has 0 saturated heterocycles. The van der Waals surface area contributed by atoms with E-state index >= 15 is 0 Å². The number of hydrogen-bond acceptors (Lipinski definition) is 4. The van der Waals surface area contributed by atoms with Crippen molar-refractivity contribution in [3.63, 3.8) is 0 Å². The Hall–Kier alpha value is -3.73. The summed E-state index contributed by atoms with van der Waals surface area (Å²) in [5.41, 5.74) is 5.23. The summed E-state index contributed by atoms with van der Waals surface area (Å²) in [6, 6.07) is 9.44. The number of nitrogens with one attached hydrogen (secondary N) is 1. The molecule has 7 nitrogen and oxygen atoms in total. The van der Waals surface area contributed by atoms with E-state index in [0.29, 0.717) is 30.5 Å². The normalized spacial score (nSPS) is 18.7. The van der Waals surface area contributed by atoms with E-state index in [9.17, 15) is 19.6 Å². The molecule has 180 valence electrons. The highest BCUT2D eigenvalue weighted by atomic mass is 19.1. The minimum Gasteiger partial charge on any atom is -0.481 e. The first-order valence-electron chi connectivity index (χ1n) is 12.0. The molecule has 0 spiro atoms. The van der Waals surface area contributed by atoms with Crippen LogP contribution in [0.25, 0.3) is 27.8 Å². The maximum atomic E-state index is 14.2. The lowest BCUT2D eigenvalue weighted by Gasteiger charge is -2.31. The number of carbonyl (C=O) groups is 1. The van der Waals surface area contributed by atoms with Gasteiger partial charge in [0.1, 0.15) is 5.82 Å². The molecule has 0 aliphatic heterocycles. The molecular weight excluding hydrogens is 445 g/mol. The van der Waals surface area contributed by atoms with Crippen molar-refractivity contribution in [1.82, 2.24) is 19.7 Å². The van der Waals surface area contributed by atoms with Crippen LogP contribution in [0.15, 0.2) is 30.5 Å². The second kappa shape index (κ2) is 8.49. The van der Waals surface area contributed by atoms with Crippen LogP contribution in [0, 0.1) is 30.0 Å². The Bertz CT molecular complexity index is 1490. The quantitative estimate of drug-likeness (QED) is 0.375. The SMILES string of the molecule is Cc1cc(-n2c(C(C)(C)CC#N)c([C@H]3CC[C@H](C(=O)O)CC3)c3nc4[nH]ncc4cc32)ccc1F. The first-order valence-corrected chi connectivity index (χ1v) is 12.0. The van der Waals surface area contributed by atoms with Gasteiger partial charge in [0.05, 0.1) is 29.2 Å². The molecule has 1 aliphatic rings. The van der Waals surface area contributed by atoms with E-state index in [2.05, 4.69) is 34.7 Å². The molecule has 35 heavy (non-hydrogen) atoms. The van der Waals surface area contributed by atoms with Crippen molar-refractivity contribution in [1.29, 1.82) is 5.26 Å². The van der Waals surface area contributed by atoms with Crippen LogP contribution in [0.3, 0.4) is 0 Å². The number of carboxylic acid groups (broad SMARTS) is 1. The van der Waals surface area contributed by atoms with Gasteiger partial charge in [-0.25, -0.2) is 9.37 Å². The summed E-state index contributed by atoms with van der Waals surface area (Å²) >= 11 is 0. The van der Waals surface area contributed by atoms with E-state index in [1.165, 1.54) is 6.07 Å². The first kappa shape index (κ1) is 23.0. The Kier molecular flexibility index (Phi) is 5.59. The van der Waals surface area contributed by atoms with Crippen LogP contribution in [0.2, 0.25) is 0 Å². The predicted molar refractivity (Wildman–Crippen MR) is 131 cm³/mol. The molecule has 1 aromatic carbocycles.